The number of amides is 2. The topological polar surface area (TPSA) is 75.7 Å². The van der Waals surface area contributed by atoms with Crippen LogP contribution in [0, 0.1) is 17.7 Å². The van der Waals surface area contributed by atoms with E-state index in [4.69, 9.17) is 4.74 Å². The summed E-state index contributed by atoms with van der Waals surface area (Å²) < 4.78 is 18.9. The Bertz CT molecular complexity index is 993. The molecule has 7 heteroatoms. The van der Waals surface area contributed by atoms with Gasteiger partial charge in [-0.2, -0.15) is 0 Å². The molecule has 0 radical (unpaired) electrons. The number of carbonyl (C=O) groups excluding carboxylic acids is 3. The van der Waals surface area contributed by atoms with Crippen LogP contribution >= 0.6 is 0 Å². The molecule has 1 heterocycles. The van der Waals surface area contributed by atoms with E-state index in [1.807, 2.05) is 24.3 Å². The van der Waals surface area contributed by atoms with Crippen molar-refractivity contribution in [2.45, 2.75) is 32.1 Å². The molecule has 4 rings (SSSR count). The Labute approximate surface area is 180 Å². The summed E-state index contributed by atoms with van der Waals surface area (Å²) in [7, 11) is 0. The molecule has 1 aliphatic carbocycles. The fraction of sp³-hybridized carbons (Fsp3) is 0.375. The van der Waals surface area contributed by atoms with Crippen LogP contribution in [0.1, 0.15) is 31.2 Å². The lowest BCUT2D eigenvalue weighted by molar-refractivity contribution is -0.156. The van der Waals surface area contributed by atoms with Crippen LogP contribution in [0.2, 0.25) is 0 Å². The van der Waals surface area contributed by atoms with E-state index in [9.17, 15) is 18.8 Å². The smallest absolute Gasteiger partial charge is 0.310 e. The molecule has 1 aliphatic heterocycles. The highest BCUT2D eigenvalue weighted by Gasteiger charge is 2.40. The van der Waals surface area contributed by atoms with Crippen LogP contribution in [0.4, 0.5) is 15.8 Å². The van der Waals surface area contributed by atoms with E-state index >= 15 is 0 Å². The highest BCUT2D eigenvalue weighted by atomic mass is 19.1. The first-order chi connectivity index (χ1) is 15.0. The monoisotopic (exact) mass is 424 g/mol. The van der Waals surface area contributed by atoms with Crippen molar-refractivity contribution in [3.05, 3.63) is 59.9 Å². The van der Waals surface area contributed by atoms with Gasteiger partial charge in [-0.05, 0) is 43.0 Å². The minimum absolute atomic E-state index is 0.0296. The molecule has 2 aliphatic rings. The van der Waals surface area contributed by atoms with E-state index in [-0.39, 0.29) is 11.6 Å². The number of anilines is 2. The number of ether oxygens (including phenoxy) is 1. The molecule has 0 spiro atoms. The second-order valence-electron chi connectivity index (χ2n) is 8.00. The van der Waals surface area contributed by atoms with Crippen LogP contribution in [0.3, 0.4) is 0 Å². The van der Waals surface area contributed by atoms with Gasteiger partial charge in [0.05, 0.1) is 17.5 Å². The second kappa shape index (κ2) is 9.29. The molecule has 2 aromatic rings. The van der Waals surface area contributed by atoms with Crippen LogP contribution in [0.15, 0.2) is 48.5 Å². The Morgan fingerprint density at radius 3 is 2.52 bits per heavy atom. The molecule has 0 bridgehead atoms. The van der Waals surface area contributed by atoms with Crippen LogP contribution < -0.4 is 10.2 Å². The number of rotatable bonds is 5. The third-order valence-electron chi connectivity index (χ3n) is 6.03. The summed E-state index contributed by atoms with van der Waals surface area (Å²) in [4.78, 5) is 39.9. The molecule has 1 saturated carbocycles. The molecule has 31 heavy (non-hydrogen) atoms. The zero-order valence-electron chi connectivity index (χ0n) is 17.2. The third-order valence-corrected chi connectivity index (χ3v) is 6.03. The standard InChI is InChI=1S/C24H25FN2O4/c25-19-10-4-5-11-20(19)26-22(28)15-31-24(30)18-9-3-2-8-17(18)23(29)27-14-13-16-7-1-6-12-21(16)27/h1,4-7,10-12,17-18H,2-3,8-9,13-15H2,(H,26,28). The summed E-state index contributed by atoms with van der Waals surface area (Å²) in [5, 5.41) is 2.39. The molecule has 162 valence electrons. The highest BCUT2D eigenvalue weighted by Crippen LogP contribution is 2.36. The quantitative estimate of drug-likeness (QED) is 0.743. The van der Waals surface area contributed by atoms with Crippen molar-refractivity contribution in [3.8, 4) is 0 Å². The molecular formula is C24H25FN2O4. The van der Waals surface area contributed by atoms with Crippen molar-refractivity contribution in [2.24, 2.45) is 11.8 Å². The van der Waals surface area contributed by atoms with Gasteiger partial charge in [0, 0.05) is 12.2 Å². The van der Waals surface area contributed by atoms with Gasteiger partial charge in [-0.25, -0.2) is 4.39 Å². The van der Waals surface area contributed by atoms with E-state index in [0.29, 0.717) is 19.4 Å². The molecule has 6 nitrogen and oxygen atoms in total. The number of benzene rings is 2. The van der Waals surface area contributed by atoms with Crippen LogP contribution in [-0.2, 0) is 25.5 Å². The number of nitrogens with zero attached hydrogens (tertiary/aromatic N) is 1. The van der Waals surface area contributed by atoms with E-state index in [1.54, 1.807) is 11.0 Å². The molecule has 0 saturated heterocycles. The van der Waals surface area contributed by atoms with Crippen molar-refractivity contribution >= 4 is 29.2 Å². The number of hydrogen-bond acceptors (Lipinski definition) is 4. The predicted molar refractivity (Wildman–Crippen MR) is 114 cm³/mol. The lowest BCUT2D eigenvalue weighted by Crippen LogP contribution is -2.42. The molecule has 0 aromatic heterocycles. The van der Waals surface area contributed by atoms with Crippen LogP contribution in [0.5, 0.6) is 0 Å². The first-order valence-corrected chi connectivity index (χ1v) is 10.6. The second-order valence-corrected chi connectivity index (χ2v) is 8.00. The molecular weight excluding hydrogens is 399 g/mol. The normalized spacial score (nSPS) is 20.1. The number of hydrogen-bond donors (Lipinski definition) is 1. The van der Waals surface area contributed by atoms with Crippen molar-refractivity contribution < 1.29 is 23.5 Å². The summed E-state index contributed by atoms with van der Waals surface area (Å²) in [6, 6.07) is 13.6. The summed E-state index contributed by atoms with van der Waals surface area (Å²) in [6.45, 7) is 0.0959. The fourth-order valence-electron chi connectivity index (χ4n) is 4.47. The number of carbonyl (C=O) groups is 3. The van der Waals surface area contributed by atoms with Gasteiger partial charge in [-0.15, -0.1) is 0 Å². The van der Waals surface area contributed by atoms with Gasteiger partial charge in [-0.1, -0.05) is 43.2 Å². The van der Waals surface area contributed by atoms with Gasteiger partial charge < -0.3 is 15.0 Å². The third kappa shape index (κ3) is 4.60. The van der Waals surface area contributed by atoms with E-state index in [1.165, 1.54) is 18.2 Å². The predicted octanol–water partition coefficient (Wildman–Crippen LogP) is 3.70. The summed E-state index contributed by atoms with van der Waals surface area (Å²) in [6.07, 6.45) is 3.70. The maximum absolute atomic E-state index is 13.7. The lowest BCUT2D eigenvalue weighted by atomic mass is 9.78. The zero-order chi connectivity index (χ0) is 21.8. The number of halogens is 1. The molecule has 2 amide bonds. The molecule has 1 N–H and O–H groups in total. The Morgan fingerprint density at radius 1 is 1.00 bits per heavy atom. The molecule has 2 unspecified atom stereocenters. The van der Waals surface area contributed by atoms with Crippen molar-refractivity contribution in [1.82, 2.24) is 0 Å². The number of nitrogens with one attached hydrogen (secondary N) is 1. The zero-order valence-corrected chi connectivity index (χ0v) is 17.2. The van der Waals surface area contributed by atoms with Gasteiger partial charge in [0.15, 0.2) is 6.61 Å². The van der Waals surface area contributed by atoms with E-state index in [0.717, 1.165) is 30.5 Å². The van der Waals surface area contributed by atoms with Gasteiger partial charge in [-0.3, -0.25) is 14.4 Å². The summed E-state index contributed by atoms with van der Waals surface area (Å²) in [5.74, 6) is -2.81. The minimum Gasteiger partial charge on any atom is -0.455 e. The van der Waals surface area contributed by atoms with E-state index in [2.05, 4.69) is 5.32 Å². The summed E-state index contributed by atoms with van der Waals surface area (Å²) in [5.41, 5.74) is 2.08. The Kier molecular flexibility index (Phi) is 6.30. The van der Waals surface area contributed by atoms with Gasteiger partial charge in [0.2, 0.25) is 5.91 Å². The maximum Gasteiger partial charge on any atom is 0.310 e. The molecule has 2 aromatic carbocycles. The molecule has 1 fully saturated rings. The maximum atomic E-state index is 13.7. The fourth-order valence-corrected chi connectivity index (χ4v) is 4.47. The van der Waals surface area contributed by atoms with E-state index < -0.39 is 36.1 Å². The number of para-hydroxylation sites is 2. The number of fused-ring (bicyclic) bond motifs is 1. The van der Waals surface area contributed by atoms with Gasteiger partial charge >= 0.3 is 5.97 Å². The Balaban J connectivity index is 1.38. The van der Waals surface area contributed by atoms with Crippen LogP contribution in [0.25, 0.3) is 0 Å². The molecule has 2 atom stereocenters. The van der Waals surface area contributed by atoms with Crippen molar-refractivity contribution in [3.63, 3.8) is 0 Å². The first kappa shape index (κ1) is 21.0. The summed E-state index contributed by atoms with van der Waals surface area (Å²) >= 11 is 0. The SMILES string of the molecule is O=C(COC(=O)C1CCCCC1C(=O)N1CCc2ccccc21)Nc1ccccc1F. The average molecular weight is 424 g/mol. The first-order valence-electron chi connectivity index (χ1n) is 10.6. The van der Waals surface area contributed by atoms with Crippen LogP contribution in [-0.4, -0.2) is 30.9 Å². The largest absolute Gasteiger partial charge is 0.455 e. The number of esters is 1. The lowest BCUT2D eigenvalue weighted by Gasteiger charge is -2.32. The van der Waals surface area contributed by atoms with Crippen molar-refractivity contribution in [1.29, 1.82) is 0 Å². The van der Waals surface area contributed by atoms with Crippen molar-refractivity contribution in [2.75, 3.05) is 23.4 Å². The minimum atomic E-state index is -0.620. The van der Waals surface area contributed by atoms with Gasteiger partial charge in [0.25, 0.3) is 5.91 Å². The van der Waals surface area contributed by atoms with Gasteiger partial charge in [0.1, 0.15) is 5.82 Å². The Hall–Kier alpha value is -3.22. The Morgan fingerprint density at radius 2 is 1.71 bits per heavy atom. The highest BCUT2D eigenvalue weighted by molar-refractivity contribution is 5.99. The average Bonchev–Trinajstić information content (AvgIpc) is 3.23.